The predicted molar refractivity (Wildman–Crippen MR) is 166 cm³/mol. The topological polar surface area (TPSA) is 125 Å². The molecule has 0 spiro atoms. The number of carbonyl (C=O) groups is 4. The minimum Gasteiger partial charge on any atom is -0.478 e. The van der Waals surface area contributed by atoms with Crippen LogP contribution in [0.15, 0.2) is 108 Å². The van der Waals surface area contributed by atoms with E-state index in [9.17, 15) is 19.2 Å². The first-order valence-corrected chi connectivity index (χ1v) is 14.1. The Labute approximate surface area is 255 Å². The first kappa shape index (κ1) is 30.4. The van der Waals surface area contributed by atoms with E-state index in [-0.39, 0.29) is 22.9 Å². The number of rotatable bonds is 10. The first-order chi connectivity index (χ1) is 20.2. The molecule has 0 unspecified atom stereocenters. The van der Waals surface area contributed by atoms with Gasteiger partial charge in [-0.1, -0.05) is 59.6 Å². The van der Waals surface area contributed by atoms with Gasteiger partial charge < -0.3 is 21.1 Å². The van der Waals surface area contributed by atoms with Crippen LogP contribution in [-0.4, -0.2) is 34.6 Å². The highest BCUT2D eigenvalue weighted by molar-refractivity contribution is 8.00. The molecule has 4 aromatic carbocycles. The van der Waals surface area contributed by atoms with Crippen LogP contribution in [0.4, 0.5) is 11.4 Å². The second kappa shape index (κ2) is 14.4. The van der Waals surface area contributed by atoms with E-state index in [4.69, 9.17) is 28.3 Å². The van der Waals surface area contributed by atoms with Crippen LogP contribution in [0.1, 0.15) is 26.3 Å². The lowest BCUT2D eigenvalue weighted by Crippen LogP contribution is -2.30. The Kier molecular flexibility index (Phi) is 10.4. The average Bonchev–Trinajstić information content (AvgIpc) is 2.97. The summed E-state index contributed by atoms with van der Waals surface area (Å²) in [6.07, 6.45) is 1.46. The molecular formula is C31H23Cl2N3O5S. The number of anilines is 2. The largest absolute Gasteiger partial charge is 0.478 e. The quantitative estimate of drug-likeness (QED) is 0.114. The zero-order valence-electron chi connectivity index (χ0n) is 21.8. The SMILES string of the molecule is O=C(CSc1cccc(NC(=O)/C(=C\c2ccc(Cl)cc2Cl)NC(=O)c2ccccc2)c1)Nc1cccc(C(=O)O)c1. The van der Waals surface area contributed by atoms with E-state index in [1.165, 1.54) is 36.0 Å². The summed E-state index contributed by atoms with van der Waals surface area (Å²) in [6, 6.07) is 26.0. The van der Waals surface area contributed by atoms with Crippen LogP contribution in [0, 0.1) is 0 Å². The summed E-state index contributed by atoms with van der Waals surface area (Å²) < 4.78 is 0. The number of halogens is 2. The second-order valence-corrected chi connectivity index (χ2v) is 10.6. The number of carbonyl (C=O) groups excluding carboxylic acids is 3. The zero-order chi connectivity index (χ0) is 30.1. The molecule has 0 aliphatic carbocycles. The molecular weight excluding hydrogens is 597 g/mol. The number of thioether (sulfide) groups is 1. The van der Waals surface area contributed by atoms with Crippen LogP contribution >= 0.6 is 35.0 Å². The van der Waals surface area contributed by atoms with Crippen molar-refractivity contribution in [2.45, 2.75) is 4.90 Å². The van der Waals surface area contributed by atoms with Gasteiger partial charge in [0, 0.05) is 31.9 Å². The standard InChI is InChI=1S/C31H23Cl2N3O5S/c32-22-13-12-20(26(33)16-22)15-27(36-29(38)19-6-2-1-3-7-19)30(39)35-24-10-5-11-25(17-24)42-18-28(37)34-23-9-4-8-21(14-23)31(40)41/h1-17H,18H2,(H,34,37)(H,35,39)(H,36,38)(H,40,41)/b27-15+. The van der Waals surface area contributed by atoms with Crippen molar-refractivity contribution in [1.29, 1.82) is 0 Å². The Morgan fingerprint density at radius 3 is 2.17 bits per heavy atom. The van der Waals surface area contributed by atoms with Crippen molar-refractivity contribution in [1.82, 2.24) is 5.32 Å². The lowest BCUT2D eigenvalue weighted by molar-refractivity contribution is -0.114. The van der Waals surface area contributed by atoms with Crippen molar-refractivity contribution < 1.29 is 24.3 Å². The Morgan fingerprint density at radius 1 is 0.762 bits per heavy atom. The van der Waals surface area contributed by atoms with Gasteiger partial charge in [-0.25, -0.2) is 4.79 Å². The van der Waals surface area contributed by atoms with Crippen molar-refractivity contribution in [2.24, 2.45) is 0 Å². The summed E-state index contributed by atoms with van der Waals surface area (Å²) in [5.74, 6) is -2.45. The number of aromatic carboxylic acids is 1. The lowest BCUT2D eigenvalue weighted by Gasteiger charge is -2.13. The van der Waals surface area contributed by atoms with Gasteiger partial charge in [-0.2, -0.15) is 0 Å². The molecule has 0 saturated carbocycles. The molecule has 4 rings (SSSR count). The number of amides is 3. The molecule has 0 radical (unpaired) electrons. The van der Waals surface area contributed by atoms with E-state index in [1.54, 1.807) is 78.9 Å². The summed E-state index contributed by atoms with van der Waals surface area (Å²) in [5.41, 5.74) is 1.67. The van der Waals surface area contributed by atoms with Crippen molar-refractivity contribution in [2.75, 3.05) is 16.4 Å². The van der Waals surface area contributed by atoms with Gasteiger partial charge in [0.15, 0.2) is 0 Å². The van der Waals surface area contributed by atoms with Crippen molar-refractivity contribution in [3.8, 4) is 0 Å². The molecule has 212 valence electrons. The summed E-state index contributed by atoms with van der Waals surface area (Å²) in [5, 5.41) is 18.0. The van der Waals surface area contributed by atoms with E-state index >= 15 is 0 Å². The van der Waals surface area contributed by atoms with Gasteiger partial charge in [-0.15, -0.1) is 11.8 Å². The first-order valence-electron chi connectivity index (χ1n) is 12.4. The molecule has 4 aromatic rings. The third-order valence-electron chi connectivity index (χ3n) is 5.65. The van der Waals surface area contributed by atoms with Crippen LogP contribution in [0.2, 0.25) is 10.0 Å². The highest BCUT2D eigenvalue weighted by atomic mass is 35.5. The van der Waals surface area contributed by atoms with Gasteiger partial charge in [-0.3, -0.25) is 14.4 Å². The molecule has 8 nitrogen and oxygen atoms in total. The zero-order valence-corrected chi connectivity index (χ0v) is 24.1. The maximum atomic E-state index is 13.3. The minimum atomic E-state index is -1.09. The summed E-state index contributed by atoms with van der Waals surface area (Å²) >= 11 is 13.5. The monoisotopic (exact) mass is 619 g/mol. The van der Waals surface area contributed by atoms with E-state index in [0.717, 1.165) is 0 Å². The third kappa shape index (κ3) is 8.71. The fraction of sp³-hybridized carbons (Fsp3) is 0.0323. The Hall–Kier alpha value is -4.57. The molecule has 0 aromatic heterocycles. The molecule has 0 aliphatic heterocycles. The van der Waals surface area contributed by atoms with Crippen LogP contribution < -0.4 is 16.0 Å². The molecule has 4 N–H and O–H groups in total. The van der Waals surface area contributed by atoms with Crippen molar-refractivity contribution in [3.05, 3.63) is 129 Å². The van der Waals surface area contributed by atoms with Crippen LogP contribution in [0.3, 0.4) is 0 Å². The molecule has 11 heteroatoms. The number of carboxylic acids is 1. The molecule has 0 aliphatic rings. The second-order valence-electron chi connectivity index (χ2n) is 8.75. The molecule has 0 atom stereocenters. The maximum absolute atomic E-state index is 13.3. The van der Waals surface area contributed by atoms with E-state index in [1.807, 2.05) is 0 Å². The summed E-state index contributed by atoms with van der Waals surface area (Å²) in [7, 11) is 0. The Morgan fingerprint density at radius 2 is 1.45 bits per heavy atom. The number of nitrogens with one attached hydrogen (secondary N) is 3. The fourth-order valence-corrected chi connectivity index (χ4v) is 4.87. The normalized spacial score (nSPS) is 11.0. The highest BCUT2D eigenvalue weighted by Crippen LogP contribution is 2.25. The molecule has 0 saturated heterocycles. The van der Waals surface area contributed by atoms with Gasteiger partial charge in [0.1, 0.15) is 5.70 Å². The Bertz CT molecular complexity index is 1680. The smallest absolute Gasteiger partial charge is 0.335 e. The molecule has 0 heterocycles. The average molecular weight is 621 g/mol. The van der Waals surface area contributed by atoms with Gasteiger partial charge in [0.05, 0.1) is 11.3 Å². The van der Waals surface area contributed by atoms with Gasteiger partial charge in [0.2, 0.25) is 5.91 Å². The van der Waals surface area contributed by atoms with E-state index in [2.05, 4.69) is 16.0 Å². The predicted octanol–water partition coefficient (Wildman–Crippen LogP) is 6.83. The van der Waals surface area contributed by atoms with Crippen molar-refractivity contribution in [3.63, 3.8) is 0 Å². The molecule has 0 fully saturated rings. The molecule has 0 bridgehead atoms. The van der Waals surface area contributed by atoms with Gasteiger partial charge in [-0.05, 0) is 72.3 Å². The summed E-state index contributed by atoms with van der Waals surface area (Å²) in [4.78, 5) is 50.5. The lowest BCUT2D eigenvalue weighted by atomic mass is 10.1. The fourth-order valence-electron chi connectivity index (χ4n) is 3.65. The number of benzene rings is 4. The third-order valence-corrected chi connectivity index (χ3v) is 7.20. The van der Waals surface area contributed by atoms with Crippen LogP contribution in [0.25, 0.3) is 6.08 Å². The van der Waals surface area contributed by atoms with Crippen molar-refractivity contribution >= 4 is 76.1 Å². The van der Waals surface area contributed by atoms with Gasteiger partial charge in [0.25, 0.3) is 11.8 Å². The summed E-state index contributed by atoms with van der Waals surface area (Å²) in [6.45, 7) is 0. The minimum absolute atomic E-state index is 0.0437. The van der Waals surface area contributed by atoms with Crippen LogP contribution in [-0.2, 0) is 9.59 Å². The maximum Gasteiger partial charge on any atom is 0.335 e. The number of hydrogen-bond acceptors (Lipinski definition) is 5. The van der Waals surface area contributed by atoms with Crippen LogP contribution in [0.5, 0.6) is 0 Å². The highest BCUT2D eigenvalue weighted by Gasteiger charge is 2.16. The van der Waals surface area contributed by atoms with Gasteiger partial charge >= 0.3 is 5.97 Å². The Balaban J connectivity index is 1.46. The van der Waals surface area contributed by atoms with E-state index in [0.29, 0.717) is 37.4 Å². The number of hydrogen-bond donors (Lipinski definition) is 4. The number of carboxylic acid groups (broad SMARTS) is 1. The molecule has 3 amide bonds. The van der Waals surface area contributed by atoms with E-state index < -0.39 is 17.8 Å². The molecule has 42 heavy (non-hydrogen) atoms.